The monoisotopic (exact) mass is 538 g/mol. The SMILES string of the molecule is C=CCC[C@@H](Cc1ccc(F)cc1)C(=O)OCCNC(=O)[C@@H](CC=C)CC(=O)N[C@H](CO)Cc1ccccc1. The van der Waals surface area contributed by atoms with Crippen molar-refractivity contribution in [1.82, 2.24) is 10.6 Å². The second-order valence-electron chi connectivity index (χ2n) is 9.41. The van der Waals surface area contributed by atoms with Gasteiger partial charge in [0.2, 0.25) is 11.8 Å². The summed E-state index contributed by atoms with van der Waals surface area (Å²) in [6.45, 7) is 7.23. The van der Waals surface area contributed by atoms with E-state index in [1.807, 2.05) is 30.3 Å². The highest BCUT2D eigenvalue weighted by Gasteiger charge is 2.23. The molecule has 0 aliphatic heterocycles. The van der Waals surface area contributed by atoms with Crippen LogP contribution in [-0.2, 0) is 32.0 Å². The first-order chi connectivity index (χ1) is 18.9. The molecule has 0 aliphatic carbocycles. The Balaban J connectivity index is 1.81. The number of aliphatic hydroxyl groups is 1. The first-order valence-corrected chi connectivity index (χ1v) is 13.2. The molecule has 210 valence electrons. The molecule has 0 aliphatic rings. The number of aliphatic hydroxyl groups excluding tert-OH is 1. The van der Waals surface area contributed by atoms with E-state index in [2.05, 4.69) is 23.8 Å². The van der Waals surface area contributed by atoms with E-state index in [1.165, 1.54) is 12.1 Å². The van der Waals surface area contributed by atoms with Gasteiger partial charge in [0.25, 0.3) is 0 Å². The molecule has 8 heteroatoms. The molecule has 0 saturated heterocycles. The van der Waals surface area contributed by atoms with E-state index in [-0.39, 0.29) is 43.8 Å². The number of hydrogen-bond acceptors (Lipinski definition) is 5. The summed E-state index contributed by atoms with van der Waals surface area (Å²) < 4.78 is 18.6. The Bertz CT molecular complexity index is 1060. The van der Waals surface area contributed by atoms with Gasteiger partial charge < -0.3 is 20.5 Å². The third-order valence-electron chi connectivity index (χ3n) is 6.26. The fraction of sp³-hybridized carbons (Fsp3) is 0.387. The van der Waals surface area contributed by atoms with Crippen molar-refractivity contribution in [3.05, 3.63) is 96.9 Å². The van der Waals surface area contributed by atoms with Crippen molar-refractivity contribution in [3.63, 3.8) is 0 Å². The first kappa shape index (κ1) is 31.4. The number of halogens is 1. The van der Waals surface area contributed by atoms with Crippen LogP contribution < -0.4 is 10.6 Å². The normalized spacial score (nSPS) is 13.0. The van der Waals surface area contributed by atoms with Gasteiger partial charge in [-0.05, 0) is 55.4 Å². The summed E-state index contributed by atoms with van der Waals surface area (Å²) in [5.74, 6) is -2.49. The van der Waals surface area contributed by atoms with Gasteiger partial charge in [0.15, 0.2) is 0 Å². The van der Waals surface area contributed by atoms with Crippen LogP contribution in [0.25, 0.3) is 0 Å². The Morgan fingerprint density at radius 2 is 1.64 bits per heavy atom. The number of esters is 1. The van der Waals surface area contributed by atoms with Crippen molar-refractivity contribution < 1.29 is 28.6 Å². The maximum atomic E-state index is 13.2. The Morgan fingerprint density at radius 1 is 0.949 bits per heavy atom. The fourth-order valence-corrected chi connectivity index (χ4v) is 4.17. The minimum Gasteiger partial charge on any atom is -0.464 e. The molecule has 2 amide bonds. The van der Waals surface area contributed by atoms with Crippen molar-refractivity contribution in [2.45, 2.75) is 44.6 Å². The van der Waals surface area contributed by atoms with Crippen LogP contribution in [0.4, 0.5) is 4.39 Å². The van der Waals surface area contributed by atoms with E-state index in [4.69, 9.17) is 4.74 Å². The van der Waals surface area contributed by atoms with Crippen molar-refractivity contribution in [3.8, 4) is 0 Å². The van der Waals surface area contributed by atoms with Gasteiger partial charge in [-0.25, -0.2) is 4.39 Å². The molecule has 0 unspecified atom stereocenters. The predicted molar refractivity (Wildman–Crippen MR) is 149 cm³/mol. The highest BCUT2D eigenvalue weighted by Crippen LogP contribution is 2.17. The van der Waals surface area contributed by atoms with E-state index < -0.39 is 23.8 Å². The number of allylic oxidation sites excluding steroid dienone is 2. The molecule has 0 fully saturated rings. The minimum absolute atomic E-state index is 0.0186. The summed E-state index contributed by atoms with van der Waals surface area (Å²) in [6, 6.07) is 15.0. The van der Waals surface area contributed by atoms with Crippen molar-refractivity contribution >= 4 is 17.8 Å². The molecular formula is C31H39FN2O5. The lowest BCUT2D eigenvalue weighted by Gasteiger charge is -2.20. The average Bonchev–Trinajstić information content (AvgIpc) is 2.94. The van der Waals surface area contributed by atoms with Gasteiger partial charge in [0, 0.05) is 6.42 Å². The number of rotatable bonds is 18. The molecule has 7 nitrogen and oxygen atoms in total. The standard InChI is InChI=1S/C31H39FN2O5/c1-3-5-12-26(19-24-13-15-27(32)16-14-24)31(38)39-18-17-33-30(37)25(9-4-2)21-29(36)34-28(22-35)20-23-10-7-6-8-11-23/h3-4,6-8,10-11,13-16,25-26,28,35H,1-2,5,9,12,17-22H2,(H,33,37)(H,34,36)/t25-,26-,28-/m0/s1. The number of hydrogen-bond donors (Lipinski definition) is 3. The van der Waals surface area contributed by atoms with Gasteiger partial charge >= 0.3 is 5.97 Å². The molecule has 0 radical (unpaired) electrons. The van der Waals surface area contributed by atoms with Crippen molar-refractivity contribution in [1.29, 1.82) is 0 Å². The predicted octanol–water partition coefficient (Wildman–Crippen LogP) is 3.91. The number of ether oxygens (including phenoxy) is 1. The van der Waals surface area contributed by atoms with E-state index in [9.17, 15) is 23.9 Å². The summed E-state index contributed by atoms with van der Waals surface area (Å²) >= 11 is 0. The minimum atomic E-state index is -0.645. The highest BCUT2D eigenvalue weighted by atomic mass is 19.1. The second kappa shape index (κ2) is 17.7. The molecule has 39 heavy (non-hydrogen) atoms. The van der Waals surface area contributed by atoms with Crippen LogP contribution in [0.15, 0.2) is 79.9 Å². The zero-order chi connectivity index (χ0) is 28.5. The van der Waals surface area contributed by atoms with Gasteiger partial charge in [0.1, 0.15) is 12.4 Å². The van der Waals surface area contributed by atoms with Crippen LogP contribution in [0, 0.1) is 17.7 Å². The zero-order valence-electron chi connectivity index (χ0n) is 22.3. The Labute approximate surface area is 230 Å². The molecule has 2 rings (SSSR count). The summed E-state index contributed by atoms with van der Waals surface area (Å²) in [7, 11) is 0. The number of nitrogens with one attached hydrogen (secondary N) is 2. The largest absolute Gasteiger partial charge is 0.464 e. The van der Waals surface area contributed by atoms with Crippen LogP contribution in [0.3, 0.4) is 0 Å². The number of carbonyl (C=O) groups is 3. The molecule has 0 heterocycles. The van der Waals surface area contributed by atoms with Gasteiger partial charge in [0.05, 0.1) is 31.0 Å². The third kappa shape index (κ3) is 12.1. The average molecular weight is 539 g/mol. The molecule has 2 aromatic rings. The lowest BCUT2D eigenvalue weighted by Crippen LogP contribution is -2.42. The first-order valence-electron chi connectivity index (χ1n) is 13.2. The van der Waals surface area contributed by atoms with Crippen LogP contribution in [-0.4, -0.2) is 48.7 Å². The van der Waals surface area contributed by atoms with Crippen LogP contribution in [0.5, 0.6) is 0 Å². The van der Waals surface area contributed by atoms with E-state index in [1.54, 1.807) is 24.3 Å². The molecule has 3 atom stereocenters. The zero-order valence-corrected chi connectivity index (χ0v) is 22.3. The summed E-state index contributed by atoms with van der Waals surface area (Å²) in [6.07, 6.45) is 5.59. The van der Waals surface area contributed by atoms with E-state index >= 15 is 0 Å². The Kier molecular flexibility index (Phi) is 14.2. The molecule has 0 saturated carbocycles. The summed E-state index contributed by atoms with van der Waals surface area (Å²) in [5, 5.41) is 15.2. The number of benzene rings is 2. The second-order valence-corrected chi connectivity index (χ2v) is 9.41. The summed E-state index contributed by atoms with van der Waals surface area (Å²) in [4.78, 5) is 38.0. The van der Waals surface area contributed by atoms with Crippen LogP contribution in [0.2, 0.25) is 0 Å². The van der Waals surface area contributed by atoms with Crippen LogP contribution >= 0.6 is 0 Å². The van der Waals surface area contributed by atoms with Crippen molar-refractivity contribution in [2.24, 2.45) is 11.8 Å². The van der Waals surface area contributed by atoms with E-state index in [0.29, 0.717) is 32.1 Å². The number of amides is 2. The Hall–Kier alpha value is -3.78. The molecule has 2 aromatic carbocycles. The highest BCUT2D eigenvalue weighted by molar-refractivity contribution is 5.86. The quantitative estimate of drug-likeness (QED) is 0.152. The topological polar surface area (TPSA) is 105 Å². The molecule has 0 aromatic heterocycles. The number of carbonyl (C=O) groups excluding carboxylic acids is 3. The van der Waals surface area contributed by atoms with Gasteiger partial charge in [-0.3, -0.25) is 14.4 Å². The van der Waals surface area contributed by atoms with Crippen molar-refractivity contribution in [2.75, 3.05) is 19.8 Å². The Morgan fingerprint density at radius 3 is 2.28 bits per heavy atom. The van der Waals surface area contributed by atoms with Gasteiger partial charge in [-0.15, -0.1) is 13.2 Å². The van der Waals surface area contributed by atoms with E-state index in [0.717, 1.165) is 11.1 Å². The van der Waals surface area contributed by atoms with Crippen LogP contribution in [0.1, 0.15) is 36.8 Å². The summed E-state index contributed by atoms with van der Waals surface area (Å²) in [5.41, 5.74) is 1.81. The molecular weight excluding hydrogens is 499 g/mol. The maximum absolute atomic E-state index is 13.2. The van der Waals surface area contributed by atoms with Gasteiger partial charge in [-0.1, -0.05) is 54.6 Å². The fourth-order valence-electron chi connectivity index (χ4n) is 4.17. The third-order valence-corrected chi connectivity index (χ3v) is 6.26. The lowest BCUT2D eigenvalue weighted by molar-refractivity contribution is -0.149. The maximum Gasteiger partial charge on any atom is 0.309 e. The molecule has 3 N–H and O–H groups in total. The lowest BCUT2D eigenvalue weighted by atomic mass is 9.95. The smallest absolute Gasteiger partial charge is 0.309 e. The molecule has 0 spiro atoms. The van der Waals surface area contributed by atoms with Gasteiger partial charge in [-0.2, -0.15) is 0 Å². The molecule has 0 bridgehead atoms.